The fourth-order valence-electron chi connectivity index (χ4n) is 7.06. The quantitative estimate of drug-likeness (QED) is 0.187. The molecule has 15 heteroatoms. The molecule has 1 aliphatic carbocycles. The number of anilines is 1. The summed E-state index contributed by atoms with van der Waals surface area (Å²) in [5, 5.41) is 7.52. The van der Waals surface area contributed by atoms with Crippen LogP contribution in [0.1, 0.15) is 70.6 Å². The number of carbonyl (C=O) groups is 5. The van der Waals surface area contributed by atoms with Gasteiger partial charge in [0.25, 0.3) is 17.7 Å². The van der Waals surface area contributed by atoms with Crippen molar-refractivity contribution < 1.29 is 42.2 Å². The molecule has 4 heterocycles. The van der Waals surface area contributed by atoms with E-state index < -0.39 is 53.8 Å². The fraction of sp³-hybridized carbons (Fsp3) is 0.514. The van der Waals surface area contributed by atoms with E-state index in [1.165, 1.54) is 17.4 Å². The molecule has 0 saturated carbocycles. The molecule has 2 aromatic rings. The van der Waals surface area contributed by atoms with E-state index in [2.05, 4.69) is 20.5 Å². The Balaban J connectivity index is 0.860. The number of hydrogen-bond donors (Lipinski definition) is 2. The first-order valence-corrected chi connectivity index (χ1v) is 18.9. The molecule has 2 unspecified atom stereocenters. The number of carbonyl (C=O) groups excluding carboxylic acids is 5. The standard InChI is InChI=1S/C37H43F2N5O7S/c38-26-13-12-24(27-22-52-37(41-27)43-17-19-50-20-18-43)33(32(26)39)51-21-30(46)40-16-7-5-3-1-2-4-6-9-23-10-8-11-25-31(23)36(49)44(35(25)48)28-14-15-29(45)42-34(28)47/h8,11-13,22-23,28H,1-7,9-10,14-21H2,(H,40,46)(H,42,45,47). The molecular formula is C37H43F2N5O7S. The number of ether oxygens (including phenoxy) is 2. The smallest absolute Gasteiger partial charge is 0.261 e. The van der Waals surface area contributed by atoms with E-state index in [0.29, 0.717) is 56.1 Å². The second-order valence-electron chi connectivity index (χ2n) is 13.4. The van der Waals surface area contributed by atoms with E-state index in [1.54, 1.807) is 11.5 Å². The number of amides is 5. The number of aromatic nitrogens is 1. The van der Waals surface area contributed by atoms with E-state index in [9.17, 15) is 32.8 Å². The number of benzene rings is 1. The lowest BCUT2D eigenvalue weighted by atomic mass is 9.84. The number of imide groups is 2. The molecule has 278 valence electrons. The fourth-order valence-corrected chi connectivity index (χ4v) is 7.94. The Morgan fingerprint density at radius 2 is 1.77 bits per heavy atom. The van der Waals surface area contributed by atoms with Crippen LogP contribution in [0.5, 0.6) is 5.75 Å². The van der Waals surface area contributed by atoms with Gasteiger partial charge in [0.2, 0.25) is 17.6 Å². The Morgan fingerprint density at radius 3 is 2.54 bits per heavy atom. The van der Waals surface area contributed by atoms with Crippen molar-refractivity contribution in [3.05, 3.63) is 52.4 Å². The number of piperidine rings is 1. The van der Waals surface area contributed by atoms with Crippen molar-refractivity contribution >= 4 is 46.0 Å². The van der Waals surface area contributed by atoms with Crippen LogP contribution >= 0.6 is 11.3 Å². The van der Waals surface area contributed by atoms with Crippen LogP contribution in [0.25, 0.3) is 11.3 Å². The summed E-state index contributed by atoms with van der Waals surface area (Å²) >= 11 is 1.39. The summed E-state index contributed by atoms with van der Waals surface area (Å²) in [7, 11) is 0. The van der Waals surface area contributed by atoms with Gasteiger partial charge in [0, 0.05) is 48.1 Å². The number of halogens is 2. The number of allylic oxidation sites excluding steroid dienone is 1. The molecule has 0 bridgehead atoms. The summed E-state index contributed by atoms with van der Waals surface area (Å²) in [6.45, 7) is 2.55. The summed E-state index contributed by atoms with van der Waals surface area (Å²) < 4.78 is 39.8. The minimum Gasteiger partial charge on any atom is -0.480 e. The highest BCUT2D eigenvalue weighted by Gasteiger charge is 2.47. The van der Waals surface area contributed by atoms with Crippen LogP contribution in [-0.2, 0) is 28.7 Å². The first-order valence-electron chi connectivity index (χ1n) is 18.0. The Bertz CT molecular complexity index is 1750. The lowest BCUT2D eigenvalue weighted by Crippen LogP contribution is -2.54. The van der Waals surface area contributed by atoms with Crippen LogP contribution in [0.15, 0.2) is 40.8 Å². The van der Waals surface area contributed by atoms with Gasteiger partial charge in [-0.15, -0.1) is 11.3 Å². The van der Waals surface area contributed by atoms with Gasteiger partial charge in [-0.3, -0.25) is 34.2 Å². The molecule has 3 aliphatic heterocycles. The van der Waals surface area contributed by atoms with Crippen molar-refractivity contribution in [2.45, 2.75) is 76.7 Å². The monoisotopic (exact) mass is 739 g/mol. The second-order valence-corrected chi connectivity index (χ2v) is 14.2. The van der Waals surface area contributed by atoms with Gasteiger partial charge in [-0.05, 0) is 43.7 Å². The predicted molar refractivity (Wildman–Crippen MR) is 188 cm³/mol. The third kappa shape index (κ3) is 8.58. The summed E-state index contributed by atoms with van der Waals surface area (Å²) in [4.78, 5) is 70.5. The molecule has 2 atom stereocenters. The minimum absolute atomic E-state index is 0.0770. The zero-order valence-corrected chi connectivity index (χ0v) is 29.7. The molecule has 2 saturated heterocycles. The Hall–Kier alpha value is -4.50. The molecule has 6 rings (SSSR count). The van der Waals surface area contributed by atoms with Crippen molar-refractivity contribution in [2.75, 3.05) is 44.4 Å². The molecule has 0 radical (unpaired) electrons. The van der Waals surface area contributed by atoms with Gasteiger partial charge < -0.3 is 19.7 Å². The molecule has 1 aromatic heterocycles. The van der Waals surface area contributed by atoms with Gasteiger partial charge in [0.1, 0.15) is 6.04 Å². The second kappa shape index (κ2) is 17.3. The number of rotatable bonds is 16. The van der Waals surface area contributed by atoms with Gasteiger partial charge in [-0.2, -0.15) is 4.39 Å². The molecule has 5 amide bonds. The van der Waals surface area contributed by atoms with Gasteiger partial charge in [-0.1, -0.05) is 50.7 Å². The molecule has 52 heavy (non-hydrogen) atoms. The Labute approximate surface area is 304 Å². The molecule has 12 nitrogen and oxygen atoms in total. The van der Waals surface area contributed by atoms with Crippen LogP contribution in [0.3, 0.4) is 0 Å². The number of unbranched alkanes of at least 4 members (excludes halogenated alkanes) is 6. The lowest BCUT2D eigenvalue weighted by Gasteiger charge is -2.28. The number of thiazole rings is 1. The predicted octanol–water partition coefficient (Wildman–Crippen LogP) is 4.59. The average molecular weight is 740 g/mol. The maximum absolute atomic E-state index is 14.8. The highest BCUT2D eigenvalue weighted by molar-refractivity contribution is 7.14. The summed E-state index contributed by atoms with van der Waals surface area (Å²) in [6.07, 6.45) is 11.8. The molecule has 4 aliphatic rings. The number of morpholine rings is 1. The first-order chi connectivity index (χ1) is 25.2. The summed E-state index contributed by atoms with van der Waals surface area (Å²) in [5.41, 5.74) is 1.57. The van der Waals surface area contributed by atoms with Crippen LogP contribution in [0.4, 0.5) is 13.9 Å². The van der Waals surface area contributed by atoms with Crippen LogP contribution < -0.4 is 20.3 Å². The first kappa shape index (κ1) is 37.3. The molecular weight excluding hydrogens is 696 g/mol. The lowest BCUT2D eigenvalue weighted by molar-refractivity contribution is -0.150. The third-order valence-corrected chi connectivity index (χ3v) is 10.7. The average Bonchev–Trinajstić information content (AvgIpc) is 3.73. The molecule has 0 spiro atoms. The summed E-state index contributed by atoms with van der Waals surface area (Å²) in [6, 6.07) is 1.47. The zero-order chi connectivity index (χ0) is 36.6. The van der Waals surface area contributed by atoms with E-state index in [1.807, 2.05) is 6.08 Å². The SMILES string of the molecule is O=C(COc1c(-c2csc(N3CCOCC3)n2)ccc(F)c1F)NCCCCCCCCCC1CC=CC2=C1C(=O)N(C1CCC(=O)NC1=O)C2=O. The van der Waals surface area contributed by atoms with Gasteiger partial charge in [-0.25, -0.2) is 9.37 Å². The van der Waals surface area contributed by atoms with Crippen LogP contribution in [0.2, 0.25) is 0 Å². The largest absolute Gasteiger partial charge is 0.480 e. The van der Waals surface area contributed by atoms with Crippen molar-refractivity contribution in [3.8, 4) is 17.0 Å². The number of nitrogens with one attached hydrogen (secondary N) is 2. The van der Waals surface area contributed by atoms with Crippen molar-refractivity contribution in [2.24, 2.45) is 5.92 Å². The maximum Gasteiger partial charge on any atom is 0.261 e. The topological polar surface area (TPSA) is 147 Å². The zero-order valence-electron chi connectivity index (χ0n) is 28.9. The highest BCUT2D eigenvalue weighted by atomic mass is 32.1. The third-order valence-electron chi connectivity index (χ3n) is 9.82. The van der Waals surface area contributed by atoms with Crippen molar-refractivity contribution in [1.29, 1.82) is 0 Å². The number of nitrogens with zero attached hydrogens (tertiary/aromatic N) is 3. The van der Waals surface area contributed by atoms with Gasteiger partial charge in [0.15, 0.2) is 23.3 Å². The van der Waals surface area contributed by atoms with Crippen molar-refractivity contribution in [1.82, 2.24) is 20.5 Å². The van der Waals surface area contributed by atoms with Gasteiger partial charge >= 0.3 is 0 Å². The van der Waals surface area contributed by atoms with Crippen molar-refractivity contribution in [3.63, 3.8) is 0 Å². The number of hydrogen-bond acceptors (Lipinski definition) is 10. The van der Waals surface area contributed by atoms with Gasteiger partial charge in [0.05, 0.1) is 18.9 Å². The van der Waals surface area contributed by atoms with Crippen LogP contribution in [0, 0.1) is 17.6 Å². The van der Waals surface area contributed by atoms with E-state index >= 15 is 0 Å². The van der Waals surface area contributed by atoms with E-state index in [0.717, 1.165) is 67.5 Å². The summed E-state index contributed by atoms with van der Waals surface area (Å²) in [5.74, 6) is -4.96. The van der Waals surface area contributed by atoms with Crippen LogP contribution in [-0.4, -0.2) is 84.9 Å². The Kier molecular flexibility index (Phi) is 12.4. The van der Waals surface area contributed by atoms with E-state index in [4.69, 9.17) is 9.47 Å². The Morgan fingerprint density at radius 1 is 1.02 bits per heavy atom. The minimum atomic E-state index is -1.16. The van der Waals surface area contributed by atoms with E-state index in [-0.39, 0.29) is 30.1 Å². The molecule has 2 N–H and O–H groups in total. The molecule has 2 fully saturated rings. The maximum atomic E-state index is 14.8. The molecule has 1 aromatic carbocycles. The normalized spacial score (nSPS) is 20.4. The highest BCUT2D eigenvalue weighted by Crippen LogP contribution is 2.39.